The van der Waals surface area contributed by atoms with E-state index in [1.807, 2.05) is 12.4 Å². The molecule has 36 heavy (non-hydrogen) atoms. The van der Waals surface area contributed by atoms with Gasteiger partial charge in [0.05, 0.1) is 11.4 Å². The first kappa shape index (κ1) is 25.3. The average molecular weight is 473 g/mol. The number of nitrogens with zero attached hydrogens (tertiary/aromatic N) is 2. The van der Waals surface area contributed by atoms with Crippen molar-refractivity contribution in [2.45, 2.75) is 55.4 Å². The number of rotatable bonds is 5. The monoisotopic (exact) mass is 472 g/mol. The minimum atomic E-state index is 1.000. The summed E-state index contributed by atoms with van der Waals surface area (Å²) in [5, 5.41) is 0. The summed E-state index contributed by atoms with van der Waals surface area (Å²) >= 11 is 0. The fraction of sp³-hybridized carbons (Fsp3) is 0.235. The molecular weight excluding hydrogens is 436 g/mol. The Hall–Kier alpha value is -3.78. The Morgan fingerprint density at radius 2 is 0.750 bits per heavy atom. The Labute approximate surface area is 216 Å². The molecule has 2 nitrogen and oxygen atoms in total. The lowest BCUT2D eigenvalue weighted by Gasteiger charge is -2.10. The molecule has 4 aromatic rings. The molecule has 0 aliphatic rings. The van der Waals surface area contributed by atoms with Gasteiger partial charge in [-0.25, -0.2) is 0 Å². The van der Waals surface area contributed by atoms with Crippen molar-refractivity contribution >= 4 is 23.8 Å². The molecule has 0 atom stereocenters. The Morgan fingerprint density at radius 3 is 1.06 bits per heavy atom. The van der Waals surface area contributed by atoms with Crippen LogP contribution in [-0.4, -0.2) is 12.4 Å². The van der Waals surface area contributed by atoms with Crippen LogP contribution in [0.3, 0.4) is 0 Å². The smallest absolute Gasteiger partial charge is 0.0659 e. The average Bonchev–Trinajstić information content (AvgIpc) is 2.79. The van der Waals surface area contributed by atoms with E-state index in [1.54, 1.807) is 0 Å². The molecule has 4 aromatic carbocycles. The molecule has 0 aliphatic carbocycles. The van der Waals surface area contributed by atoms with Crippen LogP contribution in [0, 0.1) is 55.4 Å². The highest BCUT2D eigenvalue weighted by atomic mass is 14.7. The van der Waals surface area contributed by atoms with Crippen molar-refractivity contribution in [3.05, 3.63) is 116 Å². The third-order valence-electron chi connectivity index (χ3n) is 6.87. The van der Waals surface area contributed by atoms with Gasteiger partial charge in [-0.05, 0) is 135 Å². The summed E-state index contributed by atoms with van der Waals surface area (Å²) in [5.74, 6) is 0. The molecule has 0 N–H and O–H groups in total. The minimum Gasteiger partial charge on any atom is -0.256 e. The predicted octanol–water partition coefficient (Wildman–Crippen LogP) is 9.32. The minimum absolute atomic E-state index is 1.000. The first-order valence-corrected chi connectivity index (χ1v) is 12.6. The molecule has 0 radical (unpaired) electrons. The van der Waals surface area contributed by atoms with Crippen molar-refractivity contribution < 1.29 is 0 Å². The van der Waals surface area contributed by atoms with Crippen LogP contribution in [-0.2, 0) is 0 Å². The maximum absolute atomic E-state index is 4.82. The molecule has 0 aliphatic heterocycles. The van der Waals surface area contributed by atoms with Gasteiger partial charge in [0.25, 0.3) is 0 Å². The van der Waals surface area contributed by atoms with Crippen LogP contribution < -0.4 is 0 Å². The van der Waals surface area contributed by atoms with Gasteiger partial charge in [-0.3, -0.25) is 9.98 Å². The van der Waals surface area contributed by atoms with Gasteiger partial charge in [0.1, 0.15) is 0 Å². The SMILES string of the molecule is Cc1cc(C)c(C=Nc2ccc(-c3ccc(N=Cc4c(C)cc(C)cc4C)c(C)c3)cc2C)c(C)c1. The van der Waals surface area contributed by atoms with E-state index in [1.165, 1.54) is 55.6 Å². The van der Waals surface area contributed by atoms with Crippen molar-refractivity contribution in [1.29, 1.82) is 0 Å². The van der Waals surface area contributed by atoms with Gasteiger partial charge >= 0.3 is 0 Å². The zero-order valence-corrected chi connectivity index (χ0v) is 22.8. The van der Waals surface area contributed by atoms with Crippen molar-refractivity contribution in [1.82, 2.24) is 0 Å². The normalized spacial score (nSPS) is 11.7. The van der Waals surface area contributed by atoms with E-state index in [2.05, 4.69) is 116 Å². The summed E-state index contributed by atoms with van der Waals surface area (Å²) in [7, 11) is 0. The van der Waals surface area contributed by atoms with Crippen LogP contribution in [0.2, 0.25) is 0 Å². The zero-order valence-electron chi connectivity index (χ0n) is 22.8. The van der Waals surface area contributed by atoms with E-state index in [9.17, 15) is 0 Å². The van der Waals surface area contributed by atoms with E-state index >= 15 is 0 Å². The van der Waals surface area contributed by atoms with E-state index in [0.717, 1.165) is 22.5 Å². The lowest BCUT2D eigenvalue weighted by molar-refractivity contribution is 1.30. The molecule has 2 heteroatoms. The lowest BCUT2D eigenvalue weighted by atomic mass is 9.99. The molecule has 0 saturated heterocycles. The predicted molar refractivity (Wildman–Crippen MR) is 157 cm³/mol. The highest BCUT2D eigenvalue weighted by Crippen LogP contribution is 2.30. The van der Waals surface area contributed by atoms with E-state index in [-0.39, 0.29) is 0 Å². The molecule has 0 amide bonds. The number of benzene rings is 4. The maximum Gasteiger partial charge on any atom is 0.0659 e. The van der Waals surface area contributed by atoms with Gasteiger partial charge < -0.3 is 0 Å². The van der Waals surface area contributed by atoms with Gasteiger partial charge in [-0.15, -0.1) is 0 Å². The highest BCUT2D eigenvalue weighted by molar-refractivity contribution is 5.87. The topological polar surface area (TPSA) is 24.7 Å². The van der Waals surface area contributed by atoms with Crippen molar-refractivity contribution in [3.8, 4) is 11.1 Å². The summed E-state index contributed by atoms with van der Waals surface area (Å²) in [6.45, 7) is 17.1. The van der Waals surface area contributed by atoms with Crippen LogP contribution >= 0.6 is 0 Å². The van der Waals surface area contributed by atoms with Crippen LogP contribution in [0.25, 0.3) is 11.1 Å². The number of aliphatic imine (C=N–C) groups is 2. The van der Waals surface area contributed by atoms with Gasteiger partial charge in [0.2, 0.25) is 0 Å². The first-order valence-electron chi connectivity index (χ1n) is 12.6. The van der Waals surface area contributed by atoms with Crippen LogP contribution in [0.1, 0.15) is 55.6 Å². The quantitative estimate of drug-likeness (QED) is 0.259. The molecule has 0 unspecified atom stereocenters. The van der Waals surface area contributed by atoms with E-state index in [4.69, 9.17) is 9.98 Å². The summed E-state index contributed by atoms with van der Waals surface area (Å²) in [5.41, 5.74) is 16.7. The Bertz CT molecular complexity index is 1340. The molecule has 0 aromatic heterocycles. The Morgan fingerprint density at radius 1 is 0.417 bits per heavy atom. The second kappa shape index (κ2) is 10.5. The van der Waals surface area contributed by atoms with Crippen molar-refractivity contribution in [2.75, 3.05) is 0 Å². The molecule has 0 spiro atoms. The molecule has 0 heterocycles. The van der Waals surface area contributed by atoms with Gasteiger partial charge in [-0.1, -0.05) is 47.5 Å². The molecule has 4 rings (SSSR count). The first-order chi connectivity index (χ1) is 17.1. The fourth-order valence-electron chi connectivity index (χ4n) is 5.02. The number of hydrogen-bond donors (Lipinski definition) is 0. The third kappa shape index (κ3) is 5.54. The van der Waals surface area contributed by atoms with Gasteiger partial charge in [0.15, 0.2) is 0 Å². The summed E-state index contributed by atoms with van der Waals surface area (Å²) in [4.78, 5) is 9.64. The molecule has 182 valence electrons. The van der Waals surface area contributed by atoms with E-state index in [0.29, 0.717) is 0 Å². The van der Waals surface area contributed by atoms with Crippen LogP contribution in [0.15, 0.2) is 70.6 Å². The molecule has 0 saturated carbocycles. The summed E-state index contributed by atoms with van der Waals surface area (Å²) in [6, 6.07) is 21.8. The second-order valence-corrected chi connectivity index (χ2v) is 10.1. The van der Waals surface area contributed by atoms with Gasteiger partial charge in [0, 0.05) is 12.4 Å². The second-order valence-electron chi connectivity index (χ2n) is 10.1. The fourth-order valence-corrected chi connectivity index (χ4v) is 5.02. The largest absolute Gasteiger partial charge is 0.256 e. The molecule has 0 bridgehead atoms. The van der Waals surface area contributed by atoms with Gasteiger partial charge in [-0.2, -0.15) is 0 Å². The molecular formula is C34H36N2. The van der Waals surface area contributed by atoms with Crippen molar-refractivity contribution in [3.63, 3.8) is 0 Å². The standard InChI is InChI=1S/C34H36N2/c1-21-13-23(3)31(24(4)14-21)19-35-33-11-9-29(17-27(33)7)30-10-12-34(28(8)18-30)36-20-32-25(5)15-22(2)16-26(32)6/h9-20H,1-8H3. The number of aryl methyl sites for hydroxylation is 8. The Balaban J connectivity index is 1.57. The van der Waals surface area contributed by atoms with Crippen molar-refractivity contribution in [2.24, 2.45) is 9.98 Å². The highest BCUT2D eigenvalue weighted by Gasteiger charge is 2.07. The summed E-state index contributed by atoms with van der Waals surface area (Å²) < 4.78 is 0. The Kier molecular flexibility index (Phi) is 7.35. The van der Waals surface area contributed by atoms with Crippen LogP contribution in [0.5, 0.6) is 0 Å². The number of hydrogen-bond acceptors (Lipinski definition) is 2. The third-order valence-corrected chi connectivity index (χ3v) is 6.87. The van der Waals surface area contributed by atoms with Crippen LogP contribution in [0.4, 0.5) is 11.4 Å². The zero-order chi connectivity index (χ0) is 26.0. The lowest BCUT2D eigenvalue weighted by Crippen LogP contribution is -1.93. The maximum atomic E-state index is 4.82. The van der Waals surface area contributed by atoms with E-state index < -0.39 is 0 Å². The molecule has 0 fully saturated rings. The summed E-state index contributed by atoms with van der Waals surface area (Å²) in [6.07, 6.45) is 4.00.